The van der Waals surface area contributed by atoms with E-state index in [1.165, 1.54) is 12.7 Å². The molecule has 1 unspecified atom stereocenters. The molecule has 0 bridgehead atoms. The number of nitrogens with one attached hydrogen (secondary N) is 2. The summed E-state index contributed by atoms with van der Waals surface area (Å²) >= 11 is 0. The van der Waals surface area contributed by atoms with Gasteiger partial charge in [-0.2, -0.15) is 0 Å². The molecule has 0 heterocycles. The molecule has 0 fully saturated rings. The second-order valence-corrected chi connectivity index (χ2v) is 5.31. The lowest BCUT2D eigenvalue weighted by molar-refractivity contribution is -0.140. The van der Waals surface area contributed by atoms with E-state index in [4.69, 9.17) is 4.74 Å². The molecule has 6 heteroatoms. The van der Waals surface area contributed by atoms with Crippen LogP contribution in [0.2, 0.25) is 0 Å². The summed E-state index contributed by atoms with van der Waals surface area (Å²) in [5.74, 6) is 0.775. The number of benzene rings is 1. The number of guanidine groups is 1. The van der Waals surface area contributed by atoms with Crippen molar-refractivity contribution in [3.8, 4) is 0 Å². The molecule has 0 saturated heterocycles. The Hall–Kier alpha value is -2.08. The number of carbonyl (C=O) groups is 1. The van der Waals surface area contributed by atoms with Gasteiger partial charge in [0.25, 0.3) is 0 Å². The summed E-state index contributed by atoms with van der Waals surface area (Å²) in [5, 5.41) is 6.29. The minimum absolute atomic E-state index is 0.240. The van der Waals surface area contributed by atoms with Gasteiger partial charge in [-0.15, -0.1) is 0 Å². The minimum atomic E-state index is -0.240. The van der Waals surface area contributed by atoms with Crippen LogP contribution in [0.25, 0.3) is 0 Å². The van der Waals surface area contributed by atoms with Crippen LogP contribution >= 0.6 is 0 Å². The summed E-state index contributed by atoms with van der Waals surface area (Å²) in [6.07, 6.45) is 0.312. The lowest BCUT2D eigenvalue weighted by Gasteiger charge is -2.16. The van der Waals surface area contributed by atoms with Gasteiger partial charge in [0.1, 0.15) is 0 Å². The van der Waals surface area contributed by atoms with Gasteiger partial charge in [0.15, 0.2) is 5.96 Å². The Morgan fingerprint density at radius 2 is 2.00 bits per heavy atom. The van der Waals surface area contributed by atoms with E-state index in [1.807, 2.05) is 18.2 Å². The van der Waals surface area contributed by atoms with Crippen LogP contribution in [0, 0.1) is 5.92 Å². The number of ether oxygens (including phenoxy) is 2. The Bertz CT molecular complexity index is 477. The van der Waals surface area contributed by atoms with Crippen molar-refractivity contribution in [1.82, 2.24) is 10.6 Å². The molecule has 2 N–H and O–H groups in total. The van der Waals surface area contributed by atoms with E-state index in [-0.39, 0.29) is 5.97 Å². The highest BCUT2D eigenvalue weighted by Crippen LogP contribution is 2.02. The quantitative estimate of drug-likeness (QED) is 0.410. The van der Waals surface area contributed by atoms with E-state index in [0.29, 0.717) is 38.1 Å². The number of carbonyl (C=O) groups excluding carboxylic acids is 1. The molecular weight excluding hydrogens is 294 g/mol. The molecule has 0 saturated carbocycles. The van der Waals surface area contributed by atoms with Crippen LogP contribution in [0.3, 0.4) is 0 Å². The average molecular weight is 321 g/mol. The zero-order chi connectivity index (χ0) is 16.9. The largest absolute Gasteiger partial charge is 0.469 e. The van der Waals surface area contributed by atoms with Gasteiger partial charge < -0.3 is 20.1 Å². The second kappa shape index (κ2) is 11.5. The third kappa shape index (κ3) is 8.83. The SMILES string of the molecule is CN=C(NCCC(=O)OC)NCC(C)COCc1ccccc1. The molecule has 128 valence electrons. The smallest absolute Gasteiger partial charge is 0.307 e. The molecule has 0 aliphatic heterocycles. The Labute approximate surface area is 138 Å². The predicted octanol–water partition coefficient (Wildman–Crippen LogP) is 1.57. The van der Waals surface area contributed by atoms with Gasteiger partial charge in [0.2, 0.25) is 0 Å². The molecule has 0 aromatic heterocycles. The first kappa shape index (κ1) is 19.0. The molecule has 1 atom stereocenters. The standard InChI is InChI=1S/C17H27N3O3/c1-14(12-23-13-15-7-5-4-6-8-15)11-20-17(18-2)19-10-9-16(21)22-3/h4-8,14H,9-13H2,1-3H3,(H2,18,19,20). The van der Waals surface area contributed by atoms with E-state index in [1.54, 1.807) is 7.05 Å². The van der Waals surface area contributed by atoms with E-state index in [2.05, 4.69) is 39.4 Å². The predicted molar refractivity (Wildman–Crippen MR) is 91.3 cm³/mol. The topological polar surface area (TPSA) is 72.0 Å². The zero-order valence-electron chi connectivity index (χ0n) is 14.2. The van der Waals surface area contributed by atoms with Crippen molar-refractivity contribution in [2.75, 3.05) is 33.9 Å². The molecule has 6 nitrogen and oxygen atoms in total. The lowest BCUT2D eigenvalue weighted by Crippen LogP contribution is -2.40. The Balaban J connectivity index is 2.15. The fourth-order valence-corrected chi connectivity index (χ4v) is 1.89. The monoisotopic (exact) mass is 321 g/mol. The van der Waals surface area contributed by atoms with Crippen molar-refractivity contribution in [1.29, 1.82) is 0 Å². The Morgan fingerprint density at radius 1 is 1.26 bits per heavy atom. The first-order chi connectivity index (χ1) is 11.2. The van der Waals surface area contributed by atoms with Gasteiger partial charge in [-0.3, -0.25) is 9.79 Å². The average Bonchev–Trinajstić information content (AvgIpc) is 2.58. The second-order valence-electron chi connectivity index (χ2n) is 5.31. The first-order valence-corrected chi connectivity index (χ1v) is 7.78. The highest BCUT2D eigenvalue weighted by molar-refractivity contribution is 5.80. The third-order valence-corrected chi connectivity index (χ3v) is 3.20. The number of aliphatic imine (C=N–C) groups is 1. The number of esters is 1. The number of nitrogens with zero attached hydrogens (tertiary/aromatic N) is 1. The van der Waals surface area contributed by atoms with Gasteiger partial charge in [0, 0.05) is 20.1 Å². The maximum atomic E-state index is 11.0. The molecule has 1 rings (SSSR count). The maximum Gasteiger partial charge on any atom is 0.307 e. The highest BCUT2D eigenvalue weighted by atomic mass is 16.5. The van der Waals surface area contributed by atoms with Gasteiger partial charge in [0.05, 0.1) is 26.7 Å². The van der Waals surface area contributed by atoms with E-state index >= 15 is 0 Å². The van der Waals surface area contributed by atoms with Crippen molar-refractivity contribution >= 4 is 11.9 Å². The molecular formula is C17H27N3O3. The van der Waals surface area contributed by atoms with Crippen molar-refractivity contribution in [3.05, 3.63) is 35.9 Å². The van der Waals surface area contributed by atoms with Crippen molar-refractivity contribution < 1.29 is 14.3 Å². The maximum absolute atomic E-state index is 11.0. The fraction of sp³-hybridized carbons (Fsp3) is 0.529. The molecule has 23 heavy (non-hydrogen) atoms. The van der Waals surface area contributed by atoms with Gasteiger partial charge in [-0.05, 0) is 11.5 Å². The van der Waals surface area contributed by atoms with Crippen LogP contribution < -0.4 is 10.6 Å². The highest BCUT2D eigenvalue weighted by Gasteiger charge is 2.05. The van der Waals surface area contributed by atoms with Crippen LogP contribution in [0.5, 0.6) is 0 Å². The zero-order valence-corrected chi connectivity index (χ0v) is 14.2. The molecule has 1 aromatic rings. The van der Waals surface area contributed by atoms with Crippen molar-refractivity contribution in [3.63, 3.8) is 0 Å². The lowest BCUT2D eigenvalue weighted by atomic mass is 10.2. The van der Waals surface area contributed by atoms with Crippen molar-refractivity contribution in [2.24, 2.45) is 10.9 Å². The summed E-state index contributed by atoms with van der Waals surface area (Å²) in [6, 6.07) is 10.1. The van der Waals surface area contributed by atoms with Gasteiger partial charge in [-0.25, -0.2) is 0 Å². The van der Waals surface area contributed by atoms with Gasteiger partial charge >= 0.3 is 5.97 Å². The molecule has 0 spiro atoms. The fourth-order valence-electron chi connectivity index (χ4n) is 1.89. The Kier molecular flexibility index (Phi) is 9.47. The third-order valence-electron chi connectivity index (χ3n) is 3.20. The van der Waals surface area contributed by atoms with Crippen LogP contribution in [0.15, 0.2) is 35.3 Å². The normalized spacial score (nSPS) is 12.6. The first-order valence-electron chi connectivity index (χ1n) is 7.78. The summed E-state index contributed by atoms with van der Waals surface area (Å²) in [5.41, 5.74) is 1.17. The van der Waals surface area contributed by atoms with E-state index < -0.39 is 0 Å². The van der Waals surface area contributed by atoms with E-state index in [0.717, 1.165) is 6.54 Å². The van der Waals surface area contributed by atoms with Crippen LogP contribution in [0.1, 0.15) is 18.9 Å². The molecule has 0 aliphatic carbocycles. The summed E-state index contributed by atoms with van der Waals surface area (Å²) < 4.78 is 10.3. The molecule has 1 aromatic carbocycles. The summed E-state index contributed by atoms with van der Waals surface area (Å²) in [4.78, 5) is 15.2. The summed E-state index contributed by atoms with van der Waals surface area (Å²) in [7, 11) is 3.08. The van der Waals surface area contributed by atoms with Gasteiger partial charge in [-0.1, -0.05) is 37.3 Å². The minimum Gasteiger partial charge on any atom is -0.469 e. The molecule has 0 amide bonds. The van der Waals surface area contributed by atoms with Crippen LogP contribution in [-0.2, 0) is 20.9 Å². The van der Waals surface area contributed by atoms with Crippen molar-refractivity contribution in [2.45, 2.75) is 20.0 Å². The number of hydrogen-bond acceptors (Lipinski definition) is 4. The van der Waals surface area contributed by atoms with Crippen LogP contribution in [0.4, 0.5) is 0 Å². The number of rotatable bonds is 9. The molecule has 0 radical (unpaired) electrons. The van der Waals surface area contributed by atoms with Crippen LogP contribution in [-0.4, -0.2) is 45.8 Å². The summed E-state index contributed by atoms with van der Waals surface area (Å²) in [6.45, 7) is 4.63. The number of methoxy groups -OCH3 is 1. The molecule has 0 aliphatic rings. The Morgan fingerprint density at radius 3 is 2.65 bits per heavy atom. The number of hydrogen-bond donors (Lipinski definition) is 2. The van der Waals surface area contributed by atoms with E-state index in [9.17, 15) is 4.79 Å².